The van der Waals surface area contributed by atoms with Crippen LogP contribution in [0.3, 0.4) is 0 Å². The fourth-order valence-corrected chi connectivity index (χ4v) is 3.52. The summed E-state index contributed by atoms with van der Waals surface area (Å²) >= 11 is 6.38. The Morgan fingerprint density at radius 1 is 1.30 bits per heavy atom. The van der Waals surface area contributed by atoms with Crippen molar-refractivity contribution >= 4 is 11.6 Å². The summed E-state index contributed by atoms with van der Waals surface area (Å²) in [5, 5.41) is 4.66. The van der Waals surface area contributed by atoms with E-state index >= 15 is 0 Å². The Bertz CT molecular complexity index is 429. The third kappa shape index (κ3) is 3.36. The Labute approximate surface area is 128 Å². The molecule has 0 radical (unpaired) electrons. The first-order valence-electron chi connectivity index (χ1n) is 7.85. The lowest BCUT2D eigenvalue weighted by atomic mass is 9.91. The molecule has 0 amide bonds. The van der Waals surface area contributed by atoms with Crippen LogP contribution < -0.4 is 5.32 Å². The van der Waals surface area contributed by atoms with Crippen LogP contribution in [0.15, 0.2) is 24.3 Å². The maximum Gasteiger partial charge on any atom is 0.0453 e. The fourth-order valence-electron chi connectivity index (χ4n) is 3.22. The minimum Gasteiger partial charge on any atom is -0.310 e. The van der Waals surface area contributed by atoms with Gasteiger partial charge in [0.05, 0.1) is 0 Å². The van der Waals surface area contributed by atoms with E-state index < -0.39 is 0 Å². The highest BCUT2D eigenvalue weighted by molar-refractivity contribution is 6.31. The normalized spacial score (nSPS) is 21.4. The SMILES string of the molecule is CCC1(CC)CN(C(C)c2ccccc2Cl)CCCN1. The van der Waals surface area contributed by atoms with Gasteiger partial charge in [-0.3, -0.25) is 4.90 Å². The maximum atomic E-state index is 6.38. The molecule has 20 heavy (non-hydrogen) atoms. The van der Waals surface area contributed by atoms with E-state index in [0.717, 1.165) is 24.7 Å². The molecule has 1 unspecified atom stereocenters. The summed E-state index contributed by atoms with van der Waals surface area (Å²) in [6.45, 7) is 10.2. The fraction of sp³-hybridized carbons (Fsp3) is 0.647. The summed E-state index contributed by atoms with van der Waals surface area (Å²) in [5.41, 5.74) is 1.50. The quantitative estimate of drug-likeness (QED) is 0.893. The van der Waals surface area contributed by atoms with Gasteiger partial charge in [-0.2, -0.15) is 0 Å². The van der Waals surface area contributed by atoms with Crippen LogP contribution in [0.1, 0.15) is 51.6 Å². The lowest BCUT2D eigenvalue weighted by molar-refractivity contribution is 0.157. The van der Waals surface area contributed by atoms with E-state index in [-0.39, 0.29) is 5.54 Å². The van der Waals surface area contributed by atoms with Gasteiger partial charge in [0.15, 0.2) is 0 Å². The molecule has 1 atom stereocenters. The topological polar surface area (TPSA) is 15.3 Å². The van der Waals surface area contributed by atoms with Crippen LogP contribution in [-0.4, -0.2) is 30.1 Å². The van der Waals surface area contributed by atoms with Gasteiger partial charge in [0.1, 0.15) is 0 Å². The Hall–Kier alpha value is -0.570. The van der Waals surface area contributed by atoms with Crippen molar-refractivity contribution in [3.8, 4) is 0 Å². The van der Waals surface area contributed by atoms with Crippen molar-refractivity contribution in [2.75, 3.05) is 19.6 Å². The Balaban J connectivity index is 2.20. The Morgan fingerprint density at radius 2 is 2.00 bits per heavy atom. The summed E-state index contributed by atoms with van der Waals surface area (Å²) in [5.74, 6) is 0. The summed E-state index contributed by atoms with van der Waals surface area (Å²) in [6, 6.07) is 8.62. The summed E-state index contributed by atoms with van der Waals surface area (Å²) in [7, 11) is 0. The molecule has 0 spiro atoms. The van der Waals surface area contributed by atoms with Crippen molar-refractivity contribution in [1.82, 2.24) is 10.2 Å². The lowest BCUT2D eigenvalue weighted by Crippen LogP contribution is -2.51. The smallest absolute Gasteiger partial charge is 0.0453 e. The molecule has 3 heteroatoms. The van der Waals surface area contributed by atoms with Crippen LogP contribution in [0.2, 0.25) is 5.02 Å². The molecular formula is C17H27ClN2. The van der Waals surface area contributed by atoms with Gasteiger partial charge >= 0.3 is 0 Å². The summed E-state index contributed by atoms with van der Waals surface area (Å²) in [4.78, 5) is 2.59. The van der Waals surface area contributed by atoms with Crippen molar-refractivity contribution < 1.29 is 0 Å². The average molecular weight is 295 g/mol. The highest BCUT2D eigenvalue weighted by atomic mass is 35.5. The summed E-state index contributed by atoms with van der Waals surface area (Å²) in [6.07, 6.45) is 3.56. The van der Waals surface area contributed by atoms with Gasteiger partial charge in [-0.15, -0.1) is 0 Å². The maximum absolute atomic E-state index is 6.38. The second kappa shape index (κ2) is 6.93. The van der Waals surface area contributed by atoms with Gasteiger partial charge in [0.25, 0.3) is 0 Å². The van der Waals surface area contributed by atoms with Crippen LogP contribution in [0, 0.1) is 0 Å². The molecule has 2 rings (SSSR count). The second-order valence-corrected chi connectivity index (χ2v) is 6.34. The molecule has 1 saturated heterocycles. The van der Waals surface area contributed by atoms with Crippen molar-refractivity contribution in [3.05, 3.63) is 34.9 Å². The standard InChI is InChI=1S/C17H27ClN2/c1-4-17(5-2)13-20(12-8-11-19-17)14(3)15-9-6-7-10-16(15)18/h6-7,9-10,14,19H,4-5,8,11-13H2,1-3H3. The zero-order valence-electron chi connectivity index (χ0n) is 13.0. The molecule has 1 aliphatic heterocycles. The minimum atomic E-state index is 0.256. The zero-order chi connectivity index (χ0) is 14.6. The molecule has 112 valence electrons. The van der Waals surface area contributed by atoms with Gasteiger partial charge in [0, 0.05) is 29.7 Å². The van der Waals surface area contributed by atoms with Gasteiger partial charge in [0.2, 0.25) is 0 Å². The number of hydrogen-bond donors (Lipinski definition) is 1. The number of hydrogen-bond acceptors (Lipinski definition) is 2. The molecular weight excluding hydrogens is 268 g/mol. The molecule has 0 aliphatic carbocycles. The van der Waals surface area contributed by atoms with Crippen molar-refractivity contribution in [2.24, 2.45) is 0 Å². The van der Waals surface area contributed by atoms with E-state index in [9.17, 15) is 0 Å². The largest absolute Gasteiger partial charge is 0.310 e. The molecule has 1 aromatic rings. The molecule has 0 saturated carbocycles. The molecule has 1 heterocycles. The number of halogens is 1. The van der Waals surface area contributed by atoms with Crippen LogP contribution >= 0.6 is 11.6 Å². The van der Waals surface area contributed by atoms with Crippen molar-refractivity contribution in [1.29, 1.82) is 0 Å². The molecule has 1 aliphatic rings. The van der Waals surface area contributed by atoms with Gasteiger partial charge < -0.3 is 5.32 Å². The first-order valence-corrected chi connectivity index (χ1v) is 8.23. The van der Waals surface area contributed by atoms with Crippen LogP contribution in [0.5, 0.6) is 0 Å². The van der Waals surface area contributed by atoms with E-state index in [1.807, 2.05) is 12.1 Å². The first-order chi connectivity index (χ1) is 9.62. The first kappa shape index (κ1) is 15.8. The van der Waals surface area contributed by atoms with E-state index in [2.05, 4.69) is 43.1 Å². The Morgan fingerprint density at radius 3 is 2.65 bits per heavy atom. The van der Waals surface area contributed by atoms with Crippen LogP contribution in [0.4, 0.5) is 0 Å². The predicted molar refractivity (Wildman–Crippen MR) is 87.4 cm³/mol. The molecule has 0 aromatic heterocycles. The second-order valence-electron chi connectivity index (χ2n) is 5.94. The number of rotatable bonds is 4. The van der Waals surface area contributed by atoms with Crippen molar-refractivity contribution in [3.63, 3.8) is 0 Å². The number of nitrogens with zero attached hydrogens (tertiary/aromatic N) is 1. The average Bonchev–Trinajstić information content (AvgIpc) is 2.70. The molecule has 2 nitrogen and oxygen atoms in total. The van der Waals surface area contributed by atoms with Gasteiger partial charge in [-0.25, -0.2) is 0 Å². The van der Waals surface area contributed by atoms with Gasteiger partial charge in [-0.1, -0.05) is 43.6 Å². The lowest BCUT2D eigenvalue weighted by Gasteiger charge is -2.38. The molecule has 1 N–H and O–H groups in total. The van der Waals surface area contributed by atoms with Crippen molar-refractivity contribution in [2.45, 2.75) is 51.6 Å². The molecule has 1 fully saturated rings. The minimum absolute atomic E-state index is 0.256. The molecule has 0 bridgehead atoms. The van der Waals surface area contributed by atoms with E-state index in [0.29, 0.717) is 6.04 Å². The Kier molecular flexibility index (Phi) is 5.48. The highest BCUT2D eigenvalue weighted by Gasteiger charge is 2.32. The predicted octanol–water partition coefficient (Wildman–Crippen LogP) is 4.26. The van der Waals surface area contributed by atoms with Gasteiger partial charge in [-0.05, 0) is 44.4 Å². The van der Waals surface area contributed by atoms with E-state index in [1.165, 1.54) is 24.8 Å². The third-order valence-corrected chi connectivity index (χ3v) is 5.23. The van der Waals surface area contributed by atoms with Crippen LogP contribution in [0.25, 0.3) is 0 Å². The highest BCUT2D eigenvalue weighted by Crippen LogP contribution is 2.30. The molecule has 1 aromatic carbocycles. The number of benzene rings is 1. The third-order valence-electron chi connectivity index (χ3n) is 4.88. The van der Waals surface area contributed by atoms with Crippen LogP contribution in [-0.2, 0) is 0 Å². The summed E-state index contributed by atoms with van der Waals surface area (Å²) < 4.78 is 0. The number of nitrogens with one attached hydrogen (secondary N) is 1. The van der Waals surface area contributed by atoms with E-state index in [4.69, 9.17) is 11.6 Å². The van der Waals surface area contributed by atoms with E-state index in [1.54, 1.807) is 0 Å². The monoisotopic (exact) mass is 294 g/mol. The zero-order valence-corrected chi connectivity index (χ0v) is 13.7.